The van der Waals surface area contributed by atoms with Crippen molar-refractivity contribution in [3.05, 3.63) is 17.0 Å². The number of rotatable bonds is 3. The molecule has 4 heteroatoms. The zero-order valence-electron chi connectivity index (χ0n) is 7.37. The molecular weight excluding hydrogens is 156 g/mol. The van der Waals surface area contributed by atoms with Crippen LogP contribution < -0.4 is 5.73 Å². The van der Waals surface area contributed by atoms with E-state index in [0.717, 1.165) is 11.3 Å². The second kappa shape index (κ2) is 3.69. The molecule has 1 atom stereocenters. The fourth-order valence-electron chi connectivity index (χ4n) is 1.27. The van der Waals surface area contributed by atoms with Crippen LogP contribution in [0, 0.1) is 13.8 Å². The largest absolute Gasteiger partial charge is 0.388 e. The fraction of sp³-hybridized carbons (Fsp3) is 0.625. The van der Waals surface area contributed by atoms with Crippen molar-refractivity contribution in [2.45, 2.75) is 26.4 Å². The number of hydrogen-bond acceptors (Lipinski definition) is 4. The van der Waals surface area contributed by atoms with E-state index >= 15 is 0 Å². The van der Waals surface area contributed by atoms with Crippen LogP contribution in [-0.2, 0) is 0 Å². The molecule has 12 heavy (non-hydrogen) atoms. The average Bonchev–Trinajstić information content (AvgIpc) is 2.32. The molecule has 68 valence electrons. The number of hydrogen-bond donors (Lipinski definition) is 2. The van der Waals surface area contributed by atoms with Crippen molar-refractivity contribution in [3.8, 4) is 0 Å². The summed E-state index contributed by atoms with van der Waals surface area (Å²) in [5, 5.41) is 13.3. The first-order valence-electron chi connectivity index (χ1n) is 3.97. The summed E-state index contributed by atoms with van der Waals surface area (Å²) in [6.45, 7) is 4.06. The number of aromatic nitrogens is 1. The number of nitrogens with two attached hydrogens (primary N) is 1. The molecule has 1 heterocycles. The smallest absolute Gasteiger partial charge is 0.139 e. The van der Waals surface area contributed by atoms with E-state index in [2.05, 4.69) is 5.16 Å². The lowest BCUT2D eigenvalue weighted by atomic mass is 10.1. The van der Waals surface area contributed by atoms with Crippen molar-refractivity contribution in [3.63, 3.8) is 0 Å². The zero-order chi connectivity index (χ0) is 9.14. The summed E-state index contributed by atoms with van der Waals surface area (Å²) in [5.74, 6) is 0.674. The van der Waals surface area contributed by atoms with E-state index in [0.29, 0.717) is 18.7 Å². The second-order valence-electron chi connectivity index (χ2n) is 2.83. The number of aliphatic hydroxyl groups excluding tert-OH is 1. The van der Waals surface area contributed by atoms with E-state index in [-0.39, 0.29) is 0 Å². The van der Waals surface area contributed by atoms with Crippen molar-refractivity contribution < 1.29 is 9.63 Å². The standard InChI is InChI=1S/C8H14N2O2/c1-5-8(6(2)12-10-5)7(11)3-4-9/h7,11H,3-4,9H2,1-2H3/t7-/m0/s1. The first-order valence-corrected chi connectivity index (χ1v) is 3.97. The molecule has 1 aromatic heterocycles. The summed E-state index contributed by atoms with van der Waals surface area (Å²) in [5.41, 5.74) is 6.85. The molecule has 0 fully saturated rings. The van der Waals surface area contributed by atoms with Crippen LogP contribution in [0.2, 0.25) is 0 Å². The highest BCUT2D eigenvalue weighted by Gasteiger charge is 2.16. The Bertz CT molecular complexity index is 238. The molecular formula is C8H14N2O2. The molecule has 0 unspecified atom stereocenters. The molecule has 0 aromatic carbocycles. The van der Waals surface area contributed by atoms with Gasteiger partial charge in [-0.1, -0.05) is 5.16 Å². The quantitative estimate of drug-likeness (QED) is 0.699. The third-order valence-corrected chi connectivity index (χ3v) is 1.86. The van der Waals surface area contributed by atoms with Crippen LogP contribution in [0.25, 0.3) is 0 Å². The summed E-state index contributed by atoms with van der Waals surface area (Å²) < 4.78 is 4.91. The van der Waals surface area contributed by atoms with Gasteiger partial charge in [0.05, 0.1) is 11.8 Å². The van der Waals surface area contributed by atoms with Gasteiger partial charge in [-0.2, -0.15) is 0 Å². The topological polar surface area (TPSA) is 72.3 Å². The molecule has 0 amide bonds. The molecule has 0 radical (unpaired) electrons. The molecule has 0 bridgehead atoms. The monoisotopic (exact) mass is 170 g/mol. The van der Waals surface area contributed by atoms with Gasteiger partial charge in [-0.15, -0.1) is 0 Å². The zero-order valence-corrected chi connectivity index (χ0v) is 7.37. The van der Waals surface area contributed by atoms with Crippen LogP contribution in [0.1, 0.15) is 29.5 Å². The Labute approximate surface area is 71.4 Å². The molecule has 0 spiro atoms. The van der Waals surface area contributed by atoms with Gasteiger partial charge in [0.25, 0.3) is 0 Å². The van der Waals surface area contributed by atoms with E-state index in [1.807, 2.05) is 6.92 Å². The fourth-order valence-corrected chi connectivity index (χ4v) is 1.27. The van der Waals surface area contributed by atoms with Gasteiger partial charge < -0.3 is 15.4 Å². The van der Waals surface area contributed by atoms with Crippen LogP contribution in [0.3, 0.4) is 0 Å². The Morgan fingerprint density at radius 3 is 2.67 bits per heavy atom. The van der Waals surface area contributed by atoms with Crippen LogP contribution in [0.4, 0.5) is 0 Å². The highest BCUT2D eigenvalue weighted by atomic mass is 16.5. The Morgan fingerprint density at radius 2 is 2.25 bits per heavy atom. The number of nitrogens with zero attached hydrogens (tertiary/aromatic N) is 1. The average molecular weight is 170 g/mol. The molecule has 4 nitrogen and oxygen atoms in total. The Morgan fingerprint density at radius 1 is 1.58 bits per heavy atom. The second-order valence-corrected chi connectivity index (χ2v) is 2.83. The predicted octanol–water partition coefficient (Wildman–Crippen LogP) is 0.674. The maximum absolute atomic E-state index is 9.59. The number of aryl methyl sites for hydroxylation is 2. The van der Waals surface area contributed by atoms with E-state index < -0.39 is 6.10 Å². The highest BCUT2D eigenvalue weighted by Crippen LogP contribution is 2.22. The van der Waals surface area contributed by atoms with Crippen molar-refractivity contribution in [2.24, 2.45) is 5.73 Å². The van der Waals surface area contributed by atoms with Gasteiger partial charge in [0.2, 0.25) is 0 Å². The van der Waals surface area contributed by atoms with Crippen molar-refractivity contribution in [1.82, 2.24) is 5.16 Å². The van der Waals surface area contributed by atoms with Crippen LogP contribution in [0.5, 0.6) is 0 Å². The molecule has 0 aliphatic heterocycles. The molecule has 0 aliphatic rings. The molecule has 3 N–H and O–H groups in total. The lowest BCUT2D eigenvalue weighted by Gasteiger charge is -2.07. The minimum Gasteiger partial charge on any atom is -0.388 e. The maximum Gasteiger partial charge on any atom is 0.139 e. The third-order valence-electron chi connectivity index (χ3n) is 1.86. The van der Waals surface area contributed by atoms with Gasteiger partial charge in [0, 0.05) is 5.56 Å². The first kappa shape index (κ1) is 9.22. The minimum atomic E-state index is -0.541. The summed E-state index contributed by atoms with van der Waals surface area (Å²) in [6.07, 6.45) is 0.00403. The Kier molecular flexibility index (Phi) is 2.83. The third kappa shape index (κ3) is 1.65. The van der Waals surface area contributed by atoms with E-state index in [9.17, 15) is 5.11 Å². The highest BCUT2D eigenvalue weighted by molar-refractivity contribution is 5.23. The van der Waals surface area contributed by atoms with Crippen LogP contribution >= 0.6 is 0 Å². The van der Waals surface area contributed by atoms with Crippen molar-refractivity contribution in [1.29, 1.82) is 0 Å². The predicted molar refractivity (Wildman–Crippen MR) is 44.6 cm³/mol. The lowest BCUT2D eigenvalue weighted by Crippen LogP contribution is -2.07. The summed E-state index contributed by atoms with van der Waals surface area (Å²) in [6, 6.07) is 0. The van der Waals surface area contributed by atoms with Crippen molar-refractivity contribution in [2.75, 3.05) is 6.54 Å². The van der Waals surface area contributed by atoms with Crippen molar-refractivity contribution >= 4 is 0 Å². The Hall–Kier alpha value is -0.870. The summed E-state index contributed by atoms with van der Waals surface area (Å²) in [4.78, 5) is 0. The SMILES string of the molecule is Cc1noc(C)c1[C@@H](O)CCN. The molecule has 0 saturated carbocycles. The van der Waals surface area contributed by atoms with E-state index in [4.69, 9.17) is 10.3 Å². The van der Waals surface area contributed by atoms with Gasteiger partial charge >= 0.3 is 0 Å². The minimum absolute atomic E-state index is 0.464. The summed E-state index contributed by atoms with van der Waals surface area (Å²) >= 11 is 0. The first-order chi connectivity index (χ1) is 5.66. The molecule has 0 saturated heterocycles. The number of aliphatic hydroxyl groups is 1. The molecule has 0 aliphatic carbocycles. The van der Waals surface area contributed by atoms with Gasteiger partial charge in [-0.25, -0.2) is 0 Å². The van der Waals surface area contributed by atoms with Gasteiger partial charge in [-0.3, -0.25) is 0 Å². The van der Waals surface area contributed by atoms with Gasteiger partial charge in [-0.05, 0) is 26.8 Å². The van der Waals surface area contributed by atoms with Crippen LogP contribution in [0.15, 0.2) is 4.52 Å². The molecule has 1 rings (SSSR count). The van der Waals surface area contributed by atoms with Gasteiger partial charge in [0.1, 0.15) is 5.76 Å². The van der Waals surface area contributed by atoms with E-state index in [1.165, 1.54) is 0 Å². The summed E-state index contributed by atoms with van der Waals surface area (Å²) in [7, 11) is 0. The molecule has 1 aromatic rings. The normalized spacial score (nSPS) is 13.3. The Balaban J connectivity index is 2.85. The van der Waals surface area contributed by atoms with Crippen LogP contribution in [-0.4, -0.2) is 16.8 Å². The maximum atomic E-state index is 9.59. The lowest BCUT2D eigenvalue weighted by molar-refractivity contribution is 0.167. The van der Waals surface area contributed by atoms with E-state index in [1.54, 1.807) is 6.92 Å². The van der Waals surface area contributed by atoms with Gasteiger partial charge in [0.15, 0.2) is 0 Å².